The second kappa shape index (κ2) is 9.71. The van der Waals surface area contributed by atoms with E-state index in [1.807, 2.05) is 39.3 Å². The van der Waals surface area contributed by atoms with Gasteiger partial charge in [-0.15, -0.1) is 0 Å². The number of benzene rings is 1. The first-order chi connectivity index (χ1) is 15.4. The number of rotatable bonds is 6. The second-order valence-corrected chi connectivity index (χ2v) is 10.1. The summed E-state index contributed by atoms with van der Waals surface area (Å²) in [6.45, 7) is 10.9. The molecule has 180 valence electrons. The highest BCUT2D eigenvalue weighted by atomic mass is 19.2. The predicted molar refractivity (Wildman–Crippen MR) is 124 cm³/mol. The minimum absolute atomic E-state index is 0.0183. The SMILES string of the molecule is CCCC(=O)[C@@H](NC(=O)c1nc(-c2ccc(F)c(F)c2)n2c1CN(C)C(C)CC2)C(C)(C)C. The summed E-state index contributed by atoms with van der Waals surface area (Å²) in [4.78, 5) is 33.0. The van der Waals surface area contributed by atoms with Crippen LogP contribution in [0.2, 0.25) is 0 Å². The van der Waals surface area contributed by atoms with Gasteiger partial charge < -0.3 is 9.88 Å². The van der Waals surface area contributed by atoms with Crippen molar-refractivity contribution in [1.82, 2.24) is 19.8 Å². The van der Waals surface area contributed by atoms with Crippen molar-refractivity contribution in [1.29, 1.82) is 0 Å². The molecule has 0 spiro atoms. The zero-order chi connectivity index (χ0) is 24.5. The van der Waals surface area contributed by atoms with Gasteiger partial charge in [0.25, 0.3) is 5.91 Å². The van der Waals surface area contributed by atoms with Crippen LogP contribution < -0.4 is 5.32 Å². The molecule has 1 aromatic heterocycles. The number of carbonyl (C=O) groups excluding carboxylic acids is 2. The maximum atomic E-state index is 14.0. The standard InChI is InChI=1S/C25H34F2N4O2/c1-7-8-20(32)22(25(3,4)5)29-24(33)21-19-14-30(6)15(2)11-12-31(19)23(28-21)16-9-10-17(26)18(27)13-16/h9-10,13,15,22H,7-8,11-12,14H2,1-6H3,(H,29,33)/t15?,22-/m1/s1. The molecule has 2 aromatic rings. The first kappa shape index (κ1) is 25.0. The Morgan fingerprint density at radius 1 is 1.24 bits per heavy atom. The highest BCUT2D eigenvalue weighted by Crippen LogP contribution is 2.29. The number of hydrogen-bond acceptors (Lipinski definition) is 4. The topological polar surface area (TPSA) is 67.2 Å². The number of hydrogen-bond donors (Lipinski definition) is 1. The number of halogens is 2. The van der Waals surface area contributed by atoms with Gasteiger partial charge in [0, 0.05) is 31.1 Å². The van der Waals surface area contributed by atoms with Crippen molar-refractivity contribution in [2.24, 2.45) is 5.41 Å². The normalized spacial score (nSPS) is 17.9. The molecule has 0 fully saturated rings. The molecule has 1 N–H and O–H groups in total. The summed E-state index contributed by atoms with van der Waals surface area (Å²) in [5.41, 5.74) is 0.858. The highest BCUT2D eigenvalue weighted by molar-refractivity contribution is 5.98. The van der Waals surface area contributed by atoms with Gasteiger partial charge in [-0.25, -0.2) is 13.8 Å². The van der Waals surface area contributed by atoms with Crippen molar-refractivity contribution in [2.45, 2.75) is 79.1 Å². The van der Waals surface area contributed by atoms with E-state index in [9.17, 15) is 18.4 Å². The molecule has 1 aromatic carbocycles. The van der Waals surface area contributed by atoms with Crippen molar-refractivity contribution in [3.63, 3.8) is 0 Å². The lowest BCUT2D eigenvalue weighted by molar-refractivity contribution is -0.123. The van der Waals surface area contributed by atoms with E-state index in [-0.39, 0.29) is 17.5 Å². The van der Waals surface area contributed by atoms with E-state index in [0.717, 1.165) is 18.6 Å². The van der Waals surface area contributed by atoms with Gasteiger partial charge in [0.2, 0.25) is 0 Å². The van der Waals surface area contributed by atoms with Gasteiger partial charge >= 0.3 is 0 Å². The van der Waals surface area contributed by atoms with Crippen LogP contribution in [0, 0.1) is 17.0 Å². The highest BCUT2D eigenvalue weighted by Gasteiger charge is 2.35. The number of nitrogens with zero attached hydrogens (tertiary/aromatic N) is 3. The molecular weight excluding hydrogens is 426 g/mol. The van der Waals surface area contributed by atoms with Crippen molar-refractivity contribution in [3.05, 3.63) is 41.2 Å². The predicted octanol–water partition coefficient (Wildman–Crippen LogP) is 4.57. The Balaban J connectivity index is 2.07. The van der Waals surface area contributed by atoms with Gasteiger partial charge in [-0.2, -0.15) is 0 Å². The summed E-state index contributed by atoms with van der Waals surface area (Å²) in [6.07, 6.45) is 1.89. The first-order valence-corrected chi connectivity index (χ1v) is 11.5. The van der Waals surface area contributed by atoms with E-state index in [4.69, 9.17) is 0 Å². The minimum Gasteiger partial charge on any atom is -0.340 e. The van der Waals surface area contributed by atoms with Crippen LogP contribution in [0.3, 0.4) is 0 Å². The molecule has 2 atom stereocenters. The Hall–Kier alpha value is -2.61. The van der Waals surface area contributed by atoms with Crippen LogP contribution in [0.1, 0.15) is 70.1 Å². The monoisotopic (exact) mass is 460 g/mol. The Morgan fingerprint density at radius 3 is 2.55 bits per heavy atom. The van der Waals surface area contributed by atoms with Gasteiger partial charge in [0.15, 0.2) is 23.1 Å². The van der Waals surface area contributed by atoms with Gasteiger partial charge in [0.1, 0.15) is 5.82 Å². The third-order valence-electron chi connectivity index (χ3n) is 6.35. The summed E-state index contributed by atoms with van der Waals surface area (Å²) in [6, 6.07) is 3.25. The van der Waals surface area contributed by atoms with Crippen LogP contribution in [0.5, 0.6) is 0 Å². The van der Waals surface area contributed by atoms with Crippen LogP contribution in [0.4, 0.5) is 8.78 Å². The number of fused-ring (bicyclic) bond motifs is 1. The Morgan fingerprint density at radius 2 is 1.94 bits per heavy atom. The molecule has 2 heterocycles. The molecule has 8 heteroatoms. The average molecular weight is 461 g/mol. The Kier molecular flexibility index (Phi) is 7.36. The third-order valence-corrected chi connectivity index (χ3v) is 6.35. The molecule has 33 heavy (non-hydrogen) atoms. The van der Waals surface area contributed by atoms with E-state index in [2.05, 4.69) is 22.1 Å². The van der Waals surface area contributed by atoms with Crippen molar-refractivity contribution >= 4 is 11.7 Å². The molecule has 0 radical (unpaired) electrons. The van der Waals surface area contributed by atoms with Crippen LogP contribution in [0.25, 0.3) is 11.4 Å². The molecule has 0 saturated heterocycles. The summed E-state index contributed by atoms with van der Waals surface area (Å²) in [5, 5.41) is 2.92. The van der Waals surface area contributed by atoms with Gasteiger partial charge in [-0.05, 0) is 50.4 Å². The summed E-state index contributed by atoms with van der Waals surface area (Å²) in [5.74, 6) is -1.93. The summed E-state index contributed by atoms with van der Waals surface area (Å²) >= 11 is 0. The number of nitrogens with one attached hydrogen (secondary N) is 1. The number of imidazole rings is 1. The Labute approximate surface area is 194 Å². The van der Waals surface area contributed by atoms with Crippen LogP contribution >= 0.6 is 0 Å². The fourth-order valence-corrected chi connectivity index (χ4v) is 4.22. The lowest BCUT2D eigenvalue weighted by Crippen LogP contribution is -2.49. The zero-order valence-electron chi connectivity index (χ0n) is 20.3. The van der Waals surface area contributed by atoms with E-state index in [0.29, 0.717) is 43.0 Å². The lowest BCUT2D eigenvalue weighted by atomic mass is 9.83. The number of Topliss-reactive ketones (excluding diaryl/α,β-unsaturated/α-hetero) is 1. The van der Waals surface area contributed by atoms with E-state index in [1.165, 1.54) is 6.07 Å². The first-order valence-electron chi connectivity index (χ1n) is 11.5. The second-order valence-electron chi connectivity index (χ2n) is 10.1. The molecular formula is C25H34F2N4O2. The van der Waals surface area contributed by atoms with Gasteiger partial charge in [-0.1, -0.05) is 27.7 Å². The quantitative estimate of drug-likeness (QED) is 0.686. The van der Waals surface area contributed by atoms with Crippen molar-refractivity contribution < 1.29 is 18.4 Å². The molecule has 1 unspecified atom stereocenters. The average Bonchev–Trinajstić information content (AvgIpc) is 3.02. The number of amides is 1. The summed E-state index contributed by atoms with van der Waals surface area (Å²) in [7, 11) is 1.98. The molecule has 0 saturated carbocycles. The molecule has 3 rings (SSSR count). The fraction of sp³-hybridized carbons (Fsp3) is 0.560. The number of carbonyl (C=O) groups is 2. The van der Waals surface area contributed by atoms with Gasteiger partial charge in [-0.3, -0.25) is 14.5 Å². The van der Waals surface area contributed by atoms with E-state index >= 15 is 0 Å². The number of ketones is 1. The van der Waals surface area contributed by atoms with E-state index in [1.54, 1.807) is 0 Å². The molecule has 6 nitrogen and oxygen atoms in total. The van der Waals surface area contributed by atoms with Crippen molar-refractivity contribution in [3.8, 4) is 11.4 Å². The molecule has 1 aliphatic rings. The lowest BCUT2D eigenvalue weighted by Gasteiger charge is -2.30. The Bertz CT molecular complexity index is 1040. The zero-order valence-corrected chi connectivity index (χ0v) is 20.3. The van der Waals surface area contributed by atoms with Crippen LogP contribution in [-0.4, -0.2) is 45.3 Å². The third kappa shape index (κ3) is 5.32. The summed E-state index contributed by atoms with van der Waals surface area (Å²) < 4.78 is 29.5. The smallest absolute Gasteiger partial charge is 0.272 e. The molecule has 0 bridgehead atoms. The van der Waals surface area contributed by atoms with E-state index < -0.39 is 29.0 Å². The molecule has 1 amide bonds. The van der Waals surface area contributed by atoms with Gasteiger partial charge in [0.05, 0.1) is 11.7 Å². The van der Waals surface area contributed by atoms with Crippen molar-refractivity contribution in [2.75, 3.05) is 7.05 Å². The fourth-order valence-electron chi connectivity index (χ4n) is 4.22. The molecule has 0 aliphatic carbocycles. The minimum atomic E-state index is -0.965. The largest absolute Gasteiger partial charge is 0.340 e. The van der Waals surface area contributed by atoms with Crippen LogP contribution in [-0.2, 0) is 17.9 Å². The molecule has 1 aliphatic heterocycles. The van der Waals surface area contributed by atoms with Crippen LogP contribution in [0.15, 0.2) is 18.2 Å². The maximum Gasteiger partial charge on any atom is 0.272 e. The maximum absolute atomic E-state index is 14.0. The number of aromatic nitrogens is 2.